The molecule has 1 fully saturated rings. The SMILES string of the molecule is Cc1cc(C(=O)N2CCCC(CCc3ccc(F)c(F)c3)C2)no1. The lowest BCUT2D eigenvalue weighted by atomic mass is 9.91. The second kappa shape index (κ2) is 7.11. The van der Waals surface area contributed by atoms with Crippen LogP contribution in [-0.2, 0) is 6.42 Å². The van der Waals surface area contributed by atoms with Crippen molar-refractivity contribution in [2.75, 3.05) is 13.1 Å². The molecule has 1 unspecified atom stereocenters. The molecule has 1 aromatic heterocycles. The van der Waals surface area contributed by atoms with Gasteiger partial charge < -0.3 is 9.42 Å². The first kappa shape index (κ1) is 16.6. The normalized spacial score (nSPS) is 18.0. The highest BCUT2D eigenvalue weighted by molar-refractivity contribution is 5.92. The Morgan fingerprint density at radius 3 is 2.88 bits per heavy atom. The summed E-state index contributed by atoms with van der Waals surface area (Å²) in [7, 11) is 0. The number of likely N-dealkylation sites (tertiary alicyclic amines) is 1. The fourth-order valence-corrected chi connectivity index (χ4v) is 3.18. The molecule has 2 heterocycles. The fraction of sp³-hybridized carbons (Fsp3) is 0.444. The first-order valence-corrected chi connectivity index (χ1v) is 8.19. The fourth-order valence-electron chi connectivity index (χ4n) is 3.18. The lowest BCUT2D eigenvalue weighted by Gasteiger charge is -2.32. The van der Waals surface area contributed by atoms with Crippen molar-refractivity contribution in [2.24, 2.45) is 5.92 Å². The lowest BCUT2D eigenvalue weighted by Crippen LogP contribution is -2.40. The Labute approximate surface area is 139 Å². The van der Waals surface area contributed by atoms with Crippen LogP contribution in [-0.4, -0.2) is 29.1 Å². The summed E-state index contributed by atoms with van der Waals surface area (Å²) in [5, 5.41) is 3.78. The molecule has 0 saturated carbocycles. The number of carbonyl (C=O) groups excluding carboxylic acids is 1. The number of rotatable bonds is 4. The number of aryl methyl sites for hydroxylation is 2. The molecule has 0 N–H and O–H groups in total. The van der Waals surface area contributed by atoms with Crippen LogP contribution >= 0.6 is 0 Å². The van der Waals surface area contributed by atoms with Crippen LogP contribution in [0.4, 0.5) is 8.78 Å². The molecular weight excluding hydrogens is 314 g/mol. The average Bonchev–Trinajstić information content (AvgIpc) is 3.02. The zero-order valence-corrected chi connectivity index (χ0v) is 13.6. The average molecular weight is 334 g/mol. The Morgan fingerprint density at radius 2 is 2.17 bits per heavy atom. The third-order valence-corrected chi connectivity index (χ3v) is 4.48. The smallest absolute Gasteiger partial charge is 0.276 e. The summed E-state index contributed by atoms with van der Waals surface area (Å²) < 4.78 is 31.2. The summed E-state index contributed by atoms with van der Waals surface area (Å²) in [6.07, 6.45) is 3.48. The molecule has 1 aliphatic rings. The van der Waals surface area contributed by atoms with Crippen LogP contribution in [0.15, 0.2) is 28.8 Å². The van der Waals surface area contributed by atoms with Crippen molar-refractivity contribution in [3.05, 3.63) is 52.9 Å². The summed E-state index contributed by atoms with van der Waals surface area (Å²) in [5.74, 6) is -0.774. The number of halogens is 2. The molecule has 24 heavy (non-hydrogen) atoms. The number of carbonyl (C=O) groups is 1. The molecule has 1 aromatic carbocycles. The van der Waals surface area contributed by atoms with E-state index < -0.39 is 11.6 Å². The van der Waals surface area contributed by atoms with E-state index in [1.165, 1.54) is 6.07 Å². The van der Waals surface area contributed by atoms with Gasteiger partial charge >= 0.3 is 0 Å². The van der Waals surface area contributed by atoms with E-state index >= 15 is 0 Å². The Bertz CT molecular complexity index is 730. The molecule has 0 aliphatic carbocycles. The van der Waals surface area contributed by atoms with Gasteiger partial charge in [-0.05, 0) is 56.2 Å². The number of benzene rings is 1. The number of hydrogen-bond acceptors (Lipinski definition) is 3. The van der Waals surface area contributed by atoms with Crippen LogP contribution < -0.4 is 0 Å². The summed E-state index contributed by atoms with van der Waals surface area (Å²) >= 11 is 0. The molecule has 1 atom stereocenters. The molecule has 3 rings (SSSR count). The van der Waals surface area contributed by atoms with Gasteiger partial charge in [-0.1, -0.05) is 11.2 Å². The van der Waals surface area contributed by atoms with Crippen molar-refractivity contribution >= 4 is 5.91 Å². The quantitative estimate of drug-likeness (QED) is 0.855. The molecule has 0 radical (unpaired) electrons. The number of amides is 1. The standard InChI is InChI=1S/C18H20F2N2O2/c1-12-9-17(21-24-12)18(23)22-8-2-3-14(11-22)5-4-13-6-7-15(19)16(20)10-13/h6-7,9-10,14H,2-5,8,11H2,1H3. The Hall–Kier alpha value is -2.24. The van der Waals surface area contributed by atoms with Crippen molar-refractivity contribution in [1.82, 2.24) is 10.1 Å². The molecule has 2 aromatic rings. The van der Waals surface area contributed by atoms with E-state index in [1.807, 2.05) is 0 Å². The lowest BCUT2D eigenvalue weighted by molar-refractivity contribution is 0.0658. The molecule has 1 saturated heterocycles. The van der Waals surface area contributed by atoms with Crippen LogP contribution in [0.25, 0.3) is 0 Å². The largest absolute Gasteiger partial charge is 0.361 e. The highest BCUT2D eigenvalue weighted by Gasteiger charge is 2.26. The molecule has 128 valence electrons. The van der Waals surface area contributed by atoms with E-state index in [-0.39, 0.29) is 5.91 Å². The minimum absolute atomic E-state index is 0.107. The molecule has 1 aliphatic heterocycles. The maximum atomic E-state index is 13.3. The zero-order chi connectivity index (χ0) is 17.1. The first-order valence-electron chi connectivity index (χ1n) is 8.19. The maximum Gasteiger partial charge on any atom is 0.276 e. The van der Waals surface area contributed by atoms with Crippen molar-refractivity contribution in [3.63, 3.8) is 0 Å². The van der Waals surface area contributed by atoms with Crippen molar-refractivity contribution in [1.29, 1.82) is 0 Å². The predicted molar refractivity (Wildman–Crippen MR) is 84.5 cm³/mol. The topological polar surface area (TPSA) is 46.3 Å². The van der Waals surface area contributed by atoms with Gasteiger partial charge in [-0.3, -0.25) is 4.79 Å². The van der Waals surface area contributed by atoms with Crippen LogP contribution in [0.2, 0.25) is 0 Å². The van der Waals surface area contributed by atoms with Crippen LogP contribution in [0, 0.1) is 24.5 Å². The number of piperidine rings is 1. The number of hydrogen-bond donors (Lipinski definition) is 0. The minimum Gasteiger partial charge on any atom is -0.361 e. The van der Waals surface area contributed by atoms with Gasteiger partial charge in [0, 0.05) is 19.2 Å². The molecule has 6 heteroatoms. The first-order chi connectivity index (χ1) is 11.5. The second-order valence-electron chi connectivity index (χ2n) is 6.37. The number of aromatic nitrogens is 1. The van der Waals surface area contributed by atoms with Gasteiger partial charge in [0.15, 0.2) is 17.3 Å². The van der Waals surface area contributed by atoms with Gasteiger partial charge in [-0.2, -0.15) is 0 Å². The van der Waals surface area contributed by atoms with Crippen LogP contribution in [0.3, 0.4) is 0 Å². The van der Waals surface area contributed by atoms with E-state index in [2.05, 4.69) is 5.16 Å². The van der Waals surface area contributed by atoms with Crippen molar-refractivity contribution in [3.8, 4) is 0 Å². The summed E-state index contributed by atoms with van der Waals surface area (Å²) in [5.41, 5.74) is 1.12. The second-order valence-corrected chi connectivity index (χ2v) is 6.37. The monoisotopic (exact) mass is 334 g/mol. The molecule has 1 amide bonds. The number of nitrogens with zero attached hydrogens (tertiary/aromatic N) is 2. The van der Waals surface area contributed by atoms with E-state index in [0.717, 1.165) is 30.9 Å². The molecule has 4 nitrogen and oxygen atoms in total. The zero-order valence-electron chi connectivity index (χ0n) is 13.6. The van der Waals surface area contributed by atoms with Crippen LogP contribution in [0.5, 0.6) is 0 Å². The summed E-state index contributed by atoms with van der Waals surface area (Å²) in [4.78, 5) is 14.2. The van der Waals surface area contributed by atoms with Gasteiger partial charge in [0.05, 0.1) is 0 Å². The van der Waals surface area contributed by atoms with E-state index in [9.17, 15) is 13.6 Å². The Balaban J connectivity index is 1.57. The van der Waals surface area contributed by atoms with E-state index in [0.29, 0.717) is 36.9 Å². The van der Waals surface area contributed by atoms with Gasteiger partial charge in [-0.25, -0.2) is 8.78 Å². The van der Waals surface area contributed by atoms with Crippen molar-refractivity contribution in [2.45, 2.75) is 32.6 Å². The summed E-state index contributed by atoms with van der Waals surface area (Å²) in [6.45, 7) is 3.13. The Kier molecular flexibility index (Phi) is 4.92. The van der Waals surface area contributed by atoms with E-state index in [1.54, 1.807) is 24.0 Å². The van der Waals surface area contributed by atoms with Gasteiger partial charge in [0.1, 0.15) is 5.76 Å². The third-order valence-electron chi connectivity index (χ3n) is 4.48. The maximum absolute atomic E-state index is 13.3. The minimum atomic E-state index is -0.823. The van der Waals surface area contributed by atoms with E-state index in [4.69, 9.17) is 4.52 Å². The highest BCUT2D eigenvalue weighted by Crippen LogP contribution is 2.23. The molecular formula is C18H20F2N2O2. The van der Waals surface area contributed by atoms with Crippen molar-refractivity contribution < 1.29 is 18.1 Å². The van der Waals surface area contributed by atoms with Gasteiger partial charge in [-0.15, -0.1) is 0 Å². The van der Waals surface area contributed by atoms with Crippen LogP contribution in [0.1, 0.15) is 41.1 Å². The highest BCUT2D eigenvalue weighted by atomic mass is 19.2. The predicted octanol–water partition coefficient (Wildman–Crippen LogP) is 3.75. The molecule has 0 bridgehead atoms. The molecule has 0 spiro atoms. The van der Waals surface area contributed by atoms with Gasteiger partial charge in [0.2, 0.25) is 0 Å². The Morgan fingerprint density at radius 1 is 1.33 bits per heavy atom. The summed E-state index contributed by atoms with van der Waals surface area (Å²) in [6, 6.07) is 5.67. The third kappa shape index (κ3) is 3.80. The van der Waals surface area contributed by atoms with Gasteiger partial charge in [0.25, 0.3) is 5.91 Å².